The Bertz CT molecular complexity index is 1190. The fourth-order valence-corrected chi connectivity index (χ4v) is 4.30. The van der Waals surface area contributed by atoms with Crippen LogP contribution in [0.2, 0.25) is 0 Å². The first kappa shape index (κ1) is 28.2. The van der Waals surface area contributed by atoms with Gasteiger partial charge in [0.05, 0.1) is 24.0 Å². The lowest BCUT2D eigenvalue weighted by atomic mass is 10.0. The van der Waals surface area contributed by atoms with Crippen LogP contribution in [0.3, 0.4) is 0 Å². The number of urea groups is 2. The summed E-state index contributed by atoms with van der Waals surface area (Å²) >= 11 is 0. The minimum atomic E-state index is -1.40. The molecular formula is C29H33FN4O4. The maximum atomic E-state index is 14.2. The standard InChI is InChI=1S/C29H33FN4O4/c1-4-25(32(3)29(38)33(5-2)20-21-14-12-13-19-24(21)30)26(27(35)36)31-28(37)34(22-15-8-6-9-16-22)23-17-10-7-11-18-23/h6-19,25-26H,4-5,20H2,1-3H3,(H,31,37)(H,35,36)/t25-,26+/m1/s1. The van der Waals surface area contributed by atoms with E-state index in [1.807, 2.05) is 12.1 Å². The molecule has 0 bridgehead atoms. The molecule has 3 aromatic carbocycles. The zero-order valence-corrected chi connectivity index (χ0v) is 21.8. The molecule has 2 N–H and O–H groups in total. The van der Waals surface area contributed by atoms with Crippen LogP contribution >= 0.6 is 0 Å². The molecule has 8 nitrogen and oxygen atoms in total. The highest BCUT2D eigenvalue weighted by Gasteiger charge is 2.36. The molecule has 38 heavy (non-hydrogen) atoms. The van der Waals surface area contributed by atoms with Gasteiger partial charge in [0.25, 0.3) is 0 Å². The first-order valence-electron chi connectivity index (χ1n) is 12.5. The summed E-state index contributed by atoms with van der Waals surface area (Å²) in [5.74, 6) is -1.70. The first-order valence-corrected chi connectivity index (χ1v) is 12.5. The Labute approximate surface area is 222 Å². The number of carboxylic acids is 1. The van der Waals surface area contributed by atoms with E-state index in [1.165, 1.54) is 27.8 Å². The minimum Gasteiger partial charge on any atom is -0.480 e. The van der Waals surface area contributed by atoms with Gasteiger partial charge in [0, 0.05) is 19.2 Å². The van der Waals surface area contributed by atoms with E-state index in [4.69, 9.17) is 0 Å². The molecular weight excluding hydrogens is 487 g/mol. The van der Waals surface area contributed by atoms with Crippen molar-refractivity contribution in [2.75, 3.05) is 18.5 Å². The molecule has 9 heteroatoms. The van der Waals surface area contributed by atoms with Gasteiger partial charge in [-0.3, -0.25) is 4.90 Å². The highest BCUT2D eigenvalue weighted by molar-refractivity contribution is 6.01. The van der Waals surface area contributed by atoms with Gasteiger partial charge in [0.15, 0.2) is 0 Å². The average Bonchev–Trinajstić information content (AvgIpc) is 2.93. The van der Waals surface area contributed by atoms with E-state index in [0.717, 1.165) is 0 Å². The molecule has 0 radical (unpaired) electrons. The third-order valence-electron chi connectivity index (χ3n) is 6.35. The molecule has 2 atom stereocenters. The average molecular weight is 521 g/mol. The molecule has 3 rings (SSSR count). The number of carbonyl (C=O) groups excluding carboxylic acids is 2. The summed E-state index contributed by atoms with van der Waals surface area (Å²) in [5.41, 5.74) is 1.47. The maximum Gasteiger partial charge on any atom is 0.328 e. The van der Waals surface area contributed by atoms with E-state index in [2.05, 4.69) is 5.32 Å². The molecule has 0 aromatic heterocycles. The van der Waals surface area contributed by atoms with Crippen LogP contribution in [0.4, 0.5) is 25.4 Å². The van der Waals surface area contributed by atoms with Gasteiger partial charge in [-0.05, 0) is 43.7 Å². The predicted octanol–water partition coefficient (Wildman–Crippen LogP) is 5.48. The number of anilines is 2. The van der Waals surface area contributed by atoms with E-state index in [9.17, 15) is 23.9 Å². The van der Waals surface area contributed by atoms with Gasteiger partial charge in [0.1, 0.15) is 11.9 Å². The number of benzene rings is 3. The number of amides is 4. The quantitative estimate of drug-likeness (QED) is 0.370. The van der Waals surface area contributed by atoms with E-state index in [1.54, 1.807) is 80.6 Å². The van der Waals surface area contributed by atoms with Gasteiger partial charge >= 0.3 is 18.0 Å². The zero-order valence-electron chi connectivity index (χ0n) is 21.8. The number of hydrogen-bond donors (Lipinski definition) is 2. The van der Waals surface area contributed by atoms with Crippen LogP contribution in [0.5, 0.6) is 0 Å². The number of nitrogens with one attached hydrogen (secondary N) is 1. The second kappa shape index (κ2) is 13.2. The monoisotopic (exact) mass is 520 g/mol. The van der Waals surface area contributed by atoms with Gasteiger partial charge in [0.2, 0.25) is 0 Å². The number of carboxylic acid groups (broad SMARTS) is 1. The van der Waals surface area contributed by atoms with Gasteiger partial charge in [-0.25, -0.2) is 18.8 Å². The Morgan fingerprint density at radius 1 is 0.868 bits per heavy atom. The highest BCUT2D eigenvalue weighted by atomic mass is 19.1. The lowest BCUT2D eigenvalue weighted by Crippen LogP contribution is -2.59. The molecule has 0 spiro atoms. The Hall–Kier alpha value is -4.40. The number of nitrogens with zero attached hydrogens (tertiary/aromatic N) is 3. The topological polar surface area (TPSA) is 93.2 Å². The summed E-state index contributed by atoms with van der Waals surface area (Å²) < 4.78 is 14.2. The summed E-state index contributed by atoms with van der Waals surface area (Å²) in [4.78, 5) is 43.5. The van der Waals surface area contributed by atoms with Crippen LogP contribution in [-0.4, -0.2) is 58.6 Å². The number of carbonyl (C=O) groups is 3. The lowest BCUT2D eigenvalue weighted by molar-refractivity contribution is -0.140. The molecule has 0 saturated carbocycles. The van der Waals surface area contributed by atoms with Gasteiger partial charge < -0.3 is 20.2 Å². The second-order valence-electron chi connectivity index (χ2n) is 8.75. The normalized spacial score (nSPS) is 12.2. The molecule has 0 aliphatic carbocycles. The lowest BCUT2D eigenvalue weighted by Gasteiger charge is -2.36. The smallest absolute Gasteiger partial charge is 0.328 e. The van der Waals surface area contributed by atoms with Crippen molar-refractivity contribution in [1.29, 1.82) is 0 Å². The van der Waals surface area contributed by atoms with Crippen molar-refractivity contribution >= 4 is 29.4 Å². The molecule has 4 amide bonds. The molecule has 0 heterocycles. The Morgan fingerprint density at radius 3 is 1.87 bits per heavy atom. The van der Waals surface area contributed by atoms with E-state index < -0.39 is 35.9 Å². The molecule has 0 fully saturated rings. The van der Waals surface area contributed by atoms with Crippen molar-refractivity contribution in [2.24, 2.45) is 0 Å². The van der Waals surface area contributed by atoms with Crippen molar-refractivity contribution in [1.82, 2.24) is 15.1 Å². The fourth-order valence-electron chi connectivity index (χ4n) is 4.30. The summed E-state index contributed by atoms with van der Waals surface area (Å²) in [7, 11) is 1.49. The molecule has 200 valence electrons. The van der Waals surface area contributed by atoms with Gasteiger partial charge in [-0.1, -0.05) is 61.5 Å². The number of rotatable bonds is 10. The van der Waals surface area contributed by atoms with Crippen molar-refractivity contribution < 1.29 is 23.9 Å². The van der Waals surface area contributed by atoms with Crippen LogP contribution in [0, 0.1) is 5.82 Å². The summed E-state index contributed by atoms with van der Waals surface area (Å²) in [5, 5.41) is 12.7. The van der Waals surface area contributed by atoms with Crippen LogP contribution in [-0.2, 0) is 11.3 Å². The van der Waals surface area contributed by atoms with E-state index >= 15 is 0 Å². The SMILES string of the molecule is CC[C@H]([C@H](NC(=O)N(c1ccccc1)c1ccccc1)C(=O)O)N(C)C(=O)N(CC)Cc1ccccc1F. The third kappa shape index (κ3) is 6.67. The predicted molar refractivity (Wildman–Crippen MR) is 145 cm³/mol. The molecule has 0 aliphatic heterocycles. The Morgan fingerprint density at radius 2 is 1.39 bits per heavy atom. The zero-order chi connectivity index (χ0) is 27.7. The number of halogens is 1. The number of hydrogen-bond acceptors (Lipinski definition) is 3. The van der Waals surface area contributed by atoms with Gasteiger partial charge in [-0.2, -0.15) is 0 Å². The highest BCUT2D eigenvalue weighted by Crippen LogP contribution is 2.25. The van der Waals surface area contributed by atoms with Crippen LogP contribution in [0.15, 0.2) is 84.9 Å². The van der Waals surface area contributed by atoms with Crippen molar-refractivity contribution in [3.05, 3.63) is 96.3 Å². The van der Waals surface area contributed by atoms with Crippen LogP contribution in [0.1, 0.15) is 25.8 Å². The van der Waals surface area contributed by atoms with Gasteiger partial charge in [-0.15, -0.1) is 0 Å². The third-order valence-corrected chi connectivity index (χ3v) is 6.35. The second-order valence-corrected chi connectivity index (χ2v) is 8.75. The summed E-state index contributed by atoms with van der Waals surface area (Å²) in [6, 6.07) is 20.6. The van der Waals surface area contributed by atoms with Crippen molar-refractivity contribution in [2.45, 2.75) is 38.9 Å². The summed E-state index contributed by atoms with van der Waals surface area (Å²) in [6.07, 6.45) is 0.257. The largest absolute Gasteiger partial charge is 0.480 e. The number of aliphatic carboxylic acids is 1. The molecule has 0 aliphatic rings. The molecule has 0 unspecified atom stereocenters. The van der Waals surface area contributed by atoms with E-state index in [0.29, 0.717) is 16.9 Å². The summed E-state index contributed by atoms with van der Waals surface area (Å²) in [6.45, 7) is 3.83. The minimum absolute atomic E-state index is 0.0304. The fraction of sp³-hybridized carbons (Fsp3) is 0.276. The Kier molecular flexibility index (Phi) is 9.81. The van der Waals surface area contributed by atoms with Crippen LogP contribution < -0.4 is 10.2 Å². The van der Waals surface area contributed by atoms with E-state index in [-0.39, 0.29) is 19.5 Å². The Balaban J connectivity index is 1.85. The number of likely N-dealkylation sites (N-methyl/N-ethyl adjacent to an activating group) is 1. The first-order chi connectivity index (χ1) is 18.3. The molecule has 0 saturated heterocycles. The molecule has 3 aromatic rings. The van der Waals surface area contributed by atoms with Crippen molar-refractivity contribution in [3.8, 4) is 0 Å². The maximum absolute atomic E-state index is 14.2. The number of para-hydroxylation sites is 2. The van der Waals surface area contributed by atoms with Crippen LogP contribution in [0.25, 0.3) is 0 Å². The van der Waals surface area contributed by atoms with Crippen molar-refractivity contribution in [3.63, 3.8) is 0 Å².